The van der Waals surface area contributed by atoms with Gasteiger partial charge in [-0.05, 0) is 13.0 Å². The molecule has 2 aromatic heterocycles. The van der Waals surface area contributed by atoms with E-state index in [4.69, 9.17) is 0 Å². The van der Waals surface area contributed by atoms with Gasteiger partial charge in [0.25, 0.3) is 10.1 Å². The largest absolute Gasteiger partial charge is 0.307 e. The maximum Gasteiger partial charge on any atom is 0.297 e. The van der Waals surface area contributed by atoms with Gasteiger partial charge in [-0.15, -0.1) is 0 Å². The SMILES string of the molecule is Cc1nccn1C(c1cccc[n+]1C)S(=O)(=O)O. The van der Waals surface area contributed by atoms with Gasteiger partial charge < -0.3 is 4.57 Å². The molecule has 0 saturated heterocycles. The van der Waals surface area contributed by atoms with Crippen molar-refractivity contribution in [2.45, 2.75) is 12.3 Å². The Hall–Kier alpha value is -1.73. The van der Waals surface area contributed by atoms with E-state index in [9.17, 15) is 13.0 Å². The highest BCUT2D eigenvalue weighted by Crippen LogP contribution is 2.21. The first-order valence-corrected chi connectivity index (χ1v) is 6.82. The zero-order valence-electron chi connectivity index (χ0n) is 10.1. The normalized spacial score (nSPS) is 13.5. The second kappa shape index (κ2) is 4.51. The van der Waals surface area contributed by atoms with Gasteiger partial charge in [0.15, 0.2) is 6.20 Å². The monoisotopic (exact) mass is 268 g/mol. The number of aromatic nitrogens is 3. The maximum absolute atomic E-state index is 11.6. The van der Waals surface area contributed by atoms with Crippen molar-refractivity contribution in [1.82, 2.24) is 9.55 Å². The van der Waals surface area contributed by atoms with Crippen LogP contribution in [0.5, 0.6) is 0 Å². The average molecular weight is 268 g/mol. The van der Waals surface area contributed by atoms with E-state index in [1.165, 1.54) is 17.0 Å². The van der Waals surface area contributed by atoms with Gasteiger partial charge in [-0.3, -0.25) is 4.55 Å². The summed E-state index contributed by atoms with van der Waals surface area (Å²) in [4.78, 5) is 3.98. The number of hydrogen-bond donors (Lipinski definition) is 1. The summed E-state index contributed by atoms with van der Waals surface area (Å²) < 4.78 is 35.8. The van der Waals surface area contributed by atoms with Crippen molar-refractivity contribution in [1.29, 1.82) is 0 Å². The Labute approximate surface area is 105 Å². The van der Waals surface area contributed by atoms with Crippen LogP contribution in [-0.2, 0) is 17.2 Å². The molecule has 0 aliphatic carbocycles. The predicted octanol–water partition coefficient (Wildman–Crippen LogP) is 0.451. The Morgan fingerprint density at radius 3 is 2.67 bits per heavy atom. The summed E-state index contributed by atoms with van der Waals surface area (Å²) in [6.07, 6.45) is 4.75. The van der Waals surface area contributed by atoms with Crippen LogP contribution in [0.2, 0.25) is 0 Å². The Bertz CT molecular complexity index is 664. The van der Waals surface area contributed by atoms with E-state index in [-0.39, 0.29) is 0 Å². The number of hydrogen-bond acceptors (Lipinski definition) is 3. The molecule has 0 amide bonds. The molecule has 96 valence electrons. The molecule has 0 fully saturated rings. The molecule has 0 aromatic carbocycles. The number of rotatable bonds is 3. The summed E-state index contributed by atoms with van der Waals surface area (Å²) in [6.45, 7) is 1.68. The van der Waals surface area contributed by atoms with Crippen molar-refractivity contribution in [3.05, 3.63) is 48.3 Å². The van der Waals surface area contributed by atoms with Gasteiger partial charge in [0, 0.05) is 24.5 Å². The molecule has 0 saturated carbocycles. The number of pyridine rings is 1. The lowest BCUT2D eigenvalue weighted by atomic mass is 10.3. The lowest BCUT2D eigenvalue weighted by molar-refractivity contribution is -0.679. The second-order valence-corrected chi connectivity index (χ2v) is 5.46. The van der Waals surface area contributed by atoms with E-state index in [1.807, 2.05) is 0 Å². The minimum atomic E-state index is -4.28. The van der Waals surface area contributed by atoms with Crippen molar-refractivity contribution >= 4 is 10.1 Å². The van der Waals surface area contributed by atoms with E-state index in [1.54, 1.807) is 42.9 Å². The standard InChI is InChI=1S/C11H13N3O3S/c1-9-12-6-8-14(9)11(18(15,16)17)10-5-3-4-7-13(10)2/h3-8,11H,1-2H3/p+1. The average Bonchev–Trinajstić information content (AvgIpc) is 2.66. The Balaban J connectivity index is 2.67. The molecule has 1 unspecified atom stereocenters. The van der Waals surface area contributed by atoms with Crippen LogP contribution in [0.25, 0.3) is 0 Å². The van der Waals surface area contributed by atoms with Crippen LogP contribution in [0.15, 0.2) is 36.8 Å². The number of aryl methyl sites for hydroxylation is 2. The van der Waals surface area contributed by atoms with Crippen molar-refractivity contribution in [2.75, 3.05) is 0 Å². The first-order chi connectivity index (χ1) is 8.41. The van der Waals surface area contributed by atoms with Crippen LogP contribution in [0.1, 0.15) is 16.9 Å². The van der Waals surface area contributed by atoms with Gasteiger partial charge in [-0.1, -0.05) is 0 Å². The molecule has 6 nitrogen and oxygen atoms in total. The minimum absolute atomic E-state index is 0.459. The van der Waals surface area contributed by atoms with Gasteiger partial charge in [0.05, 0.1) is 0 Å². The summed E-state index contributed by atoms with van der Waals surface area (Å²) >= 11 is 0. The molecule has 0 spiro atoms. The van der Waals surface area contributed by atoms with Gasteiger partial charge >= 0.3 is 0 Å². The lowest BCUT2D eigenvalue weighted by Gasteiger charge is -2.14. The van der Waals surface area contributed by atoms with Crippen molar-refractivity contribution in [3.63, 3.8) is 0 Å². The Morgan fingerprint density at radius 1 is 1.44 bits per heavy atom. The van der Waals surface area contributed by atoms with Crippen LogP contribution < -0.4 is 4.57 Å². The highest BCUT2D eigenvalue weighted by Gasteiger charge is 2.34. The molecule has 0 aliphatic heterocycles. The summed E-state index contributed by atoms with van der Waals surface area (Å²) in [5, 5.41) is -1.19. The summed E-state index contributed by atoms with van der Waals surface area (Å²) in [7, 11) is -2.56. The van der Waals surface area contributed by atoms with Crippen molar-refractivity contribution < 1.29 is 17.5 Å². The van der Waals surface area contributed by atoms with E-state index < -0.39 is 15.5 Å². The minimum Gasteiger partial charge on any atom is -0.307 e. The molecule has 0 bridgehead atoms. The predicted molar refractivity (Wildman–Crippen MR) is 64.3 cm³/mol. The van der Waals surface area contributed by atoms with Gasteiger partial charge in [0.1, 0.15) is 12.9 Å². The zero-order valence-corrected chi connectivity index (χ0v) is 10.9. The topological polar surface area (TPSA) is 76.1 Å². The van der Waals surface area contributed by atoms with Gasteiger partial charge in [-0.25, -0.2) is 9.55 Å². The third kappa shape index (κ3) is 2.27. The quantitative estimate of drug-likeness (QED) is 0.648. The lowest BCUT2D eigenvalue weighted by Crippen LogP contribution is -2.38. The third-order valence-corrected chi connectivity index (χ3v) is 3.78. The van der Waals surface area contributed by atoms with Crippen molar-refractivity contribution in [2.24, 2.45) is 7.05 Å². The molecule has 2 rings (SSSR count). The van der Waals surface area contributed by atoms with Crippen LogP contribution in [0.3, 0.4) is 0 Å². The zero-order chi connectivity index (χ0) is 13.3. The maximum atomic E-state index is 11.6. The third-order valence-electron chi connectivity index (χ3n) is 2.75. The van der Waals surface area contributed by atoms with Gasteiger partial charge in [0.2, 0.25) is 11.1 Å². The van der Waals surface area contributed by atoms with Crippen LogP contribution in [0.4, 0.5) is 0 Å². The van der Waals surface area contributed by atoms with Crippen LogP contribution in [-0.4, -0.2) is 22.5 Å². The van der Waals surface area contributed by atoms with E-state index in [2.05, 4.69) is 4.98 Å². The van der Waals surface area contributed by atoms with E-state index in [0.717, 1.165) is 0 Å². The fourth-order valence-electron chi connectivity index (χ4n) is 1.87. The first-order valence-electron chi connectivity index (χ1n) is 5.31. The molecular weight excluding hydrogens is 254 g/mol. The summed E-state index contributed by atoms with van der Waals surface area (Å²) in [6, 6.07) is 5.16. The fraction of sp³-hybridized carbons (Fsp3) is 0.273. The molecule has 0 aliphatic rings. The molecule has 2 aromatic rings. The van der Waals surface area contributed by atoms with E-state index >= 15 is 0 Å². The molecular formula is C11H14N3O3S+. The molecule has 0 radical (unpaired) electrons. The molecule has 7 heteroatoms. The fourth-order valence-corrected chi connectivity index (χ4v) is 2.93. The Kier molecular flexibility index (Phi) is 3.18. The summed E-state index contributed by atoms with van der Waals surface area (Å²) in [5.41, 5.74) is 0.459. The van der Waals surface area contributed by atoms with E-state index in [0.29, 0.717) is 11.5 Å². The molecule has 1 N–H and O–H groups in total. The Morgan fingerprint density at radius 2 is 2.17 bits per heavy atom. The molecule has 2 heterocycles. The number of nitrogens with zero attached hydrogens (tertiary/aromatic N) is 3. The van der Waals surface area contributed by atoms with Crippen molar-refractivity contribution in [3.8, 4) is 0 Å². The second-order valence-electron chi connectivity index (χ2n) is 3.99. The molecule has 18 heavy (non-hydrogen) atoms. The molecule has 1 atom stereocenters. The summed E-state index contributed by atoms with van der Waals surface area (Å²) in [5.74, 6) is 0.515. The van der Waals surface area contributed by atoms with Crippen LogP contribution in [0, 0.1) is 6.92 Å². The highest BCUT2D eigenvalue weighted by molar-refractivity contribution is 7.86. The number of imidazole rings is 1. The smallest absolute Gasteiger partial charge is 0.297 e. The van der Waals surface area contributed by atoms with Crippen LogP contribution >= 0.6 is 0 Å². The van der Waals surface area contributed by atoms with Gasteiger partial charge in [-0.2, -0.15) is 8.42 Å². The first kappa shape index (κ1) is 12.7. The highest BCUT2D eigenvalue weighted by atomic mass is 32.2.